The summed E-state index contributed by atoms with van der Waals surface area (Å²) in [5, 5.41) is 8.91. The summed E-state index contributed by atoms with van der Waals surface area (Å²) in [4.78, 5) is 0.192. The smallest absolute Gasteiger partial charge is 0.240 e. The van der Waals surface area contributed by atoms with Crippen LogP contribution in [0.4, 0.5) is 0 Å². The largest absolute Gasteiger partial charge is 0.395 e. The molecule has 2 N–H and O–H groups in total. The molecule has 0 aliphatic heterocycles. The topological polar surface area (TPSA) is 66.4 Å². The summed E-state index contributed by atoms with van der Waals surface area (Å²) in [7, 11) is -3.58. The van der Waals surface area contributed by atoms with Gasteiger partial charge in [0.05, 0.1) is 11.5 Å². The van der Waals surface area contributed by atoms with Crippen molar-refractivity contribution in [1.82, 2.24) is 4.72 Å². The van der Waals surface area contributed by atoms with Gasteiger partial charge in [0, 0.05) is 6.04 Å². The molecule has 0 amide bonds. The number of rotatable bonds is 5. The van der Waals surface area contributed by atoms with Gasteiger partial charge in [-0.15, -0.1) is 0 Å². The highest BCUT2D eigenvalue weighted by Crippen LogP contribution is 2.20. The van der Waals surface area contributed by atoms with Gasteiger partial charge in [0.25, 0.3) is 0 Å². The molecule has 5 heteroatoms. The maximum atomic E-state index is 12.0. The fourth-order valence-corrected chi connectivity index (χ4v) is 3.06. The number of hydrogen-bond donors (Lipinski definition) is 2. The first-order valence-electron chi connectivity index (χ1n) is 6.31. The van der Waals surface area contributed by atoms with Crippen molar-refractivity contribution >= 4 is 10.0 Å². The van der Waals surface area contributed by atoms with Crippen LogP contribution < -0.4 is 4.72 Å². The van der Waals surface area contributed by atoms with E-state index in [1.807, 2.05) is 30.3 Å². The molecule has 0 unspecified atom stereocenters. The zero-order valence-electron chi connectivity index (χ0n) is 11.2. The molecule has 0 bridgehead atoms. The average molecular weight is 291 g/mol. The van der Waals surface area contributed by atoms with Gasteiger partial charge in [0.15, 0.2) is 0 Å². The molecule has 2 rings (SSSR count). The molecule has 0 saturated carbocycles. The predicted molar refractivity (Wildman–Crippen MR) is 78.7 cm³/mol. The van der Waals surface area contributed by atoms with Crippen LogP contribution in [0, 0.1) is 0 Å². The van der Waals surface area contributed by atoms with Crippen molar-refractivity contribution < 1.29 is 13.5 Å². The SMILES string of the molecule is C[C@H](CO)NS(=O)(=O)c1ccc(-c2ccccc2)cc1. The number of aliphatic hydroxyl groups excluding tert-OH is 1. The fraction of sp³-hybridized carbons (Fsp3) is 0.200. The Morgan fingerprint density at radius 1 is 1.00 bits per heavy atom. The lowest BCUT2D eigenvalue weighted by atomic mass is 10.1. The summed E-state index contributed by atoms with van der Waals surface area (Å²) in [5.74, 6) is 0. The minimum Gasteiger partial charge on any atom is -0.395 e. The molecule has 0 fully saturated rings. The lowest BCUT2D eigenvalue weighted by Crippen LogP contribution is -2.34. The fourth-order valence-electron chi connectivity index (χ4n) is 1.83. The van der Waals surface area contributed by atoms with Crippen LogP contribution in [0.3, 0.4) is 0 Å². The molecule has 2 aromatic rings. The third kappa shape index (κ3) is 3.45. The van der Waals surface area contributed by atoms with Gasteiger partial charge in [-0.05, 0) is 30.2 Å². The van der Waals surface area contributed by atoms with Gasteiger partial charge in [-0.1, -0.05) is 42.5 Å². The number of hydrogen-bond acceptors (Lipinski definition) is 3. The highest BCUT2D eigenvalue weighted by Gasteiger charge is 2.16. The molecule has 4 nitrogen and oxygen atoms in total. The van der Waals surface area contributed by atoms with Crippen molar-refractivity contribution in [1.29, 1.82) is 0 Å². The molecule has 0 aliphatic carbocycles. The standard InChI is InChI=1S/C15H17NO3S/c1-12(11-17)16-20(18,19)15-9-7-14(8-10-15)13-5-3-2-4-6-13/h2-10,12,16-17H,11H2,1H3/t12-/m1/s1. The maximum absolute atomic E-state index is 12.0. The predicted octanol–water partition coefficient (Wildman–Crippen LogP) is 2.01. The van der Waals surface area contributed by atoms with E-state index >= 15 is 0 Å². The second-order valence-electron chi connectivity index (χ2n) is 4.60. The molecule has 0 radical (unpaired) electrons. The number of benzene rings is 2. The van der Waals surface area contributed by atoms with Gasteiger partial charge in [0.1, 0.15) is 0 Å². The van der Waals surface area contributed by atoms with Crippen LogP contribution in [-0.4, -0.2) is 26.2 Å². The maximum Gasteiger partial charge on any atom is 0.240 e. The van der Waals surface area contributed by atoms with E-state index in [0.717, 1.165) is 11.1 Å². The minimum atomic E-state index is -3.58. The van der Waals surface area contributed by atoms with Crippen molar-refractivity contribution in [2.75, 3.05) is 6.61 Å². The third-order valence-electron chi connectivity index (χ3n) is 2.90. The van der Waals surface area contributed by atoms with Crippen molar-refractivity contribution in [3.05, 3.63) is 54.6 Å². The Balaban J connectivity index is 2.25. The van der Waals surface area contributed by atoms with Gasteiger partial charge >= 0.3 is 0 Å². The molecule has 0 aliphatic rings. The lowest BCUT2D eigenvalue weighted by Gasteiger charge is -2.12. The molecule has 0 saturated heterocycles. The van der Waals surface area contributed by atoms with Gasteiger partial charge in [-0.2, -0.15) is 0 Å². The van der Waals surface area contributed by atoms with E-state index in [1.54, 1.807) is 31.2 Å². The second-order valence-corrected chi connectivity index (χ2v) is 6.31. The van der Waals surface area contributed by atoms with E-state index in [9.17, 15) is 8.42 Å². The summed E-state index contributed by atoms with van der Waals surface area (Å²) >= 11 is 0. The number of nitrogens with one attached hydrogen (secondary N) is 1. The van der Waals surface area contributed by atoms with E-state index in [4.69, 9.17) is 5.11 Å². The molecule has 2 aromatic carbocycles. The van der Waals surface area contributed by atoms with E-state index in [0.29, 0.717) is 0 Å². The molecular weight excluding hydrogens is 274 g/mol. The molecule has 106 valence electrons. The third-order valence-corrected chi connectivity index (χ3v) is 4.51. The molecule has 0 heterocycles. The Morgan fingerprint density at radius 2 is 1.55 bits per heavy atom. The average Bonchev–Trinajstić information content (AvgIpc) is 2.48. The molecule has 0 aromatic heterocycles. The first-order chi connectivity index (χ1) is 9.53. The van der Waals surface area contributed by atoms with Gasteiger partial charge < -0.3 is 5.11 Å². The zero-order valence-corrected chi connectivity index (χ0v) is 12.0. The Labute approximate surface area is 119 Å². The Hall–Kier alpha value is -1.69. The van der Waals surface area contributed by atoms with Crippen molar-refractivity contribution in [3.63, 3.8) is 0 Å². The molecule has 0 spiro atoms. The van der Waals surface area contributed by atoms with E-state index < -0.39 is 16.1 Å². The normalized spacial score (nSPS) is 13.1. The second kappa shape index (κ2) is 6.17. The van der Waals surface area contributed by atoms with Crippen molar-refractivity contribution in [2.45, 2.75) is 17.9 Å². The van der Waals surface area contributed by atoms with Crippen LogP contribution in [0.15, 0.2) is 59.5 Å². The Bertz CT molecular complexity index is 651. The van der Waals surface area contributed by atoms with Crippen molar-refractivity contribution in [3.8, 4) is 11.1 Å². The van der Waals surface area contributed by atoms with Crippen LogP contribution in [-0.2, 0) is 10.0 Å². The van der Waals surface area contributed by atoms with E-state index in [2.05, 4.69) is 4.72 Å². The van der Waals surface area contributed by atoms with E-state index in [-0.39, 0.29) is 11.5 Å². The first kappa shape index (κ1) is 14.7. The van der Waals surface area contributed by atoms with E-state index in [1.165, 1.54) is 0 Å². The van der Waals surface area contributed by atoms with Crippen LogP contribution in [0.1, 0.15) is 6.92 Å². The minimum absolute atomic E-state index is 0.192. The van der Waals surface area contributed by atoms with Crippen LogP contribution >= 0.6 is 0 Å². The highest BCUT2D eigenvalue weighted by molar-refractivity contribution is 7.89. The van der Waals surface area contributed by atoms with Crippen LogP contribution in [0.2, 0.25) is 0 Å². The summed E-state index contributed by atoms with van der Waals surface area (Å²) in [6.07, 6.45) is 0. The summed E-state index contributed by atoms with van der Waals surface area (Å²) in [6.45, 7) is 1.37. The summed E-state index contributed by atoms with van der Waals surface area (Å²) in [6, 6.07) is 15.9. The Kier molecular flexibility index (Phi) is 4.54. The lowest BCUT2D eigenvalue weighted by molar-refractivity contribution is 0.265. The highest BCUT2D eigenvalue weighted by atomic mass is 32.2. The number of sulfonamides is 1. The van der Waals surface area contributed by atoms with Crippen LogP contribution in [0.5, 0.6) is 0 Å². The van der Waals surface area contributed by atoms with Gasteiger partial charge in [0.2, 0.25) is 10.0 Å². The van der Waals surface area contributed by atoms with Gasteiger partial charge in [-0.3, -0.25) is 0 Å². The van der Waals surface area contributed by atoms with Crippen molar-refractivity contribution in [2.24, 2.45) is 0 Å². The van der Waals surface area contributed by atoms with Gasteiger partial charge in [-0.25, -0.2) is 13.1 Å². The first-order valence-corrected chi connectivity index (χ1v) is 7.80. The molecule has 20 heavy (non-hydrogen) atoms. The quantitative estimate of drug-likeness (QED) is 0.885. The van der Waals surface area contributed by atoms with Crippen LogP contribution in [0.25, 0.3) is 11.1 Å². The Morgan fingerprint density at radius 3 is 2.10 bits per heavy atom. The monoisotopic (exact) mass is 291 g/mol. The number of aliphatic hydroxyl groups is 1. The molecular formula is C15H17NO3S. The summed E-state index contributed by atoms with van der Waals surface area (Å²) < 4.78 is 26.5. The summed E-state index contributed by atoms with van der Waals surface area (Å²) in [5.41, 5.74) is 1.99. The zero-order chi connectivity index (χ0) is 14.6. The molecule has 1 atom stereocenters.